The molecule has 2 rings (SSSR count). The molecule has 1 aliphatic rings. The van der Waals surface area contributed by atoms with E-state index in [1.807, 2.05) is 0 Å². The van der Waals surface area contributed by atoms with Crippen LogP contribution < -0.4 is 5.32 Å². The first-order chi connectivity index (χ1) is 8.08. The summed E-state index contributed by atoms with van der Waals surface area (Å²) in [4.78, 5) is 0. The lowest BCUT2D eigenvalue weighted by molar-refractivity contribution is 0.258. The zero-order valence-corrected chi connectivity index (χ0v) is 11.0. The van der Waals surface area contributed by atoms with E-state index in [-0.39, 0.29) is 11.5 Å². The Morgan fingerprint density at radius 2 is 2.18 bits per heavy atom. The van der Waals surface area contributed by atoms with E-state index >= 15 is 0 Å². The number of hydrogen-bond donors (Lipinski definition) is 1. The summed E-state index contributed by atoms with van der Waals surface area (Å²) >= 11 is 0. The van der Waals surface area contributed by atoms with Crippen LogP contribution in [0.15, 0.2) is 24.3 Å². The van der Waals surface area contributed by atoms with Crippen molar-refractivity contribution in [2.75, 3.05) is 0 Å². The fourth-order valence-electron chi connectivity index (χ4n) is 2.79. The summed E-state index contributed by atoms with van der Waals surface area (Å²) in [5.74, 6) is 2.84. The molecule has 0 fully saturated rings. The van der Waals surface area contributed by atoms with Gasteiger partial charge < -0.3 is 0 Å². The molecule has 0 radical (unpaired) electrons. The quantitative estimate of drug-likeness (QED) is 0.781. The van der Waals surface area contributed by atoms with Gasteiger partial charge in [0.1, 0.15) is 0 Å². The molecule has 0 saturated carbocycles. The molecular weight excluding hydrogens is 206 g/mol. The molecule has 0 heterocycles. The summed E-state index contributed by atoms with van der Waals surface area (Å²) in [6, 6.07) is 9.24. The first kappa shape index (κ1) is 12.2. The molecule has 90 valence electrons. The molecule has 0 spiro atoms. The van der Waals surface area contributed by atoms with Gasteiger partial charge in [0, 0.05) is 6.04 Å². The summed E-state index contributed by atoms with van der Waals surface area (Å²) in [6.45, 7) is 6.76. The summed E-state index contributed by atoms with van der Waals surface area (Å²) < 4.78 is 0. The van der Waals surface area contributed by atoms with E-state index < -0.39 is 0 Å². The summed E-state index contributed by atoms with van der Waals surface area (Å²) in [7, 11) is 0. The van der Waals surface area contributed by atoms with E-state index in [0.717, 1.165) is 12.8 Å². The monoisotopic (exact) mass is 227 g/mol. The van der Waals surface area contributed by atoms with Crippen molar-refractivity contribution in [1.29, 1.82) is 0 Å². The van der Waals surface area contributed by atoms with E-state index in [1.165, 1.54) is 11.1 Å². The van der Waals surface area contributed by atoms with Crippen LogP contribution in [0.4, 0.5) is 0 Å². The smallest absolute Gasteiger partial charge is 0.0689 e. The third-order valence-electron chi connectivity index (χ3n) is 3.77. The number of hydrogen-bond acceptors (Lipinski definition) is 1. The minimum atomic E-state index is 0.172. The van der Waals surface area contributed by atoms with Crippen molar-refractivity contribution >= 4 is 0 Å². The van der Waals surface area contributed by atoms with Crippen LogP contribution >= 0.6 is 0 Å². The Morgan fingerprint density at radius 3 is 2.82 bits per heavy atom. The number of terminal acetylenes is 1. The van der Waals surface area contributed by atoms with Gasteiger partial charge in [0.2, 0.25) is 0 Å². The van der Waals surface area contributed by atoms with Gasteiger partial charge in [-0.3, -0.25) is 5.32 Å². The molecular formula is C16H21N. The van der Waals surface area contributed by atoms with Gasteiger partial charge >= 0.3 is 0 Å². The molecule has 2 unspecified atom stereocenters. The lowest BCUT2D eigenvalue weighted by atomic mass is 9.85. The maximum Gasteiger partial charge on any atom is 0.0689 e. The van der Waals surface area contributed by atoms with Gasteiger partial charge in [0.05, 0.1) is 6.04 Å². The van der Waals surface area contributed by atoms with E-state index in [0.29, 0.717) is 6.04 Å². The van der Waals surface area contributed by atoms with E-state index in [1.54, 1.807) is 0 Å². The van der Waals surface area contributed by atoms with Crippen LogP contribution in [0.3, 0.4) is 0 Å². The molecule has 1 N–H and O–H groups in total. The lowest BCUT2D eigenvalue weighted by Gasteiger charge is -2.30. The van der Waals surface area contributed by atoms with Gasteiger partial charge in [-0.25, -0.2) is 0 Å². The van der Waals surface area contributed by atoms with Crippen molar-refractivity contribution in [3.05, 3.63) is 35.4 Å². The minimum Gasteiger partial charge on any atom is -0.296 e. The van der Waals surface area contributed by atoms with Crippen LogP contribution in [-0.2, 0) is 6.42 Å². The Labute approximate surface area is 105 Å². The first-order valence-electron chi connectivity index (χ1n) is 6.38. The molecule has 1 aromatic rings. The maximum atomic E-state index is 5.56. The normalized spacial score (nSPS) is 22.8. The third-order valence-corrected chi connectivity index (χ3v) is 3.77. The zero-order valence-electron chi connectivity index (χ0n) is 11.0. The van der Waals surface area contributed by atoms with Gasteiger partial charge in [-0.2, -0.15) is 0 Å². The topological polar surface area (TPSA) is 12.0 Å². The maximum absolute atomic E-state index is 5.56. The Balaban J connectivity index is 2.29. The second-order valence-corrected chi connectivity index (χ2v) is 5.59. The first-order valence-corrected chi connectivity index (χ1v) is 6.38. The molecule has 1 heteroatoms. The van der Waals surface area contributed by atoms with Crippen LogP contribution in [-0.4, -0.2) is 6.04 Å². The van der Waals surface area contributed by atoms with Crippen LogP contribution in [0.5, 0.6) is 0 Å². The van der Waals surface area contributed by atoms with Crippen LogP contribution in [0.25, 0.3) is 0 Å². The summed E-state index contributed by atoms with van der Waals surface area (Å²) in [6.07, 6.45) is 7.66. The minimum absolute atomic E-state index is 0.172. The average molecular weight is 227 g/mol. The highest BCUT2D eigenvalue weighted by molar-refractivity contribution is 5.37. The highest BCUT2D eigenvalue weighted by Crippen LogP contribution is 2.45. The van der Waals surface area contributed by atoms with Crippen molar-refractivity contribution in [2.45, 2.75) is 45.7 Å². The predicted octanol–water partition coefficient (Wildman–Crippen LogP) is 3.31. The Kier molecular flexibility index (Phi) is 3.26. The lowest BCUT2D eigenvalue weighted by Crippen LogP contribution is -2.37. The average Bonchev–Trinajstić information content (AvgIpc) is 2.56. The summed E-state index contributed by atoms with van der Waals surface area (Å²) in [5, 5.41) is 3.63. The van der Waals surface area contributed by atoms with Gasteiger partial charge in [0.15, 0.2) is 0 Å². The predicted molar refractivity (Wildman–Crippen MR) is 72.7 cm³/mol. The van der Waals surface area contributed by atoms with E-state index in [4.69, 9.17) is 6.42 Å². The second-order valence-electron chi connectivity index (χ2n) is 5.59. The van der Waals surface area contributed by atoms with Crippen LogP contribution in [0.2, 0.25) is 0 Å². The third kappa shape index (κ3) is 2.23. The number of fused-ring (bicyclic) bond motifs is 1. The largest absolute Gasteiger partial charge is 0.296 e. The van der Waals surface area contributed by atoms with E-state index in [2.05, 4.69) is 56.3 Å². The van der Waals surface area contributed by atoms with Crippen LogP contribution in [0.1, 0.15) is 44.4 Å². The molecule has 0 aliphatic heterocycles. The molecule has 1 aliphatic carbocycles. The number of rotatable bonds is 3. The highest BCUT2D eigenvalue weighted by atomic mass is 15.0. The van der Waals surface area contributed by atoms with Crippen LogP contribution in [0, 0.1) is 17.8 Å². The van der Waals surface area contributed by atoms with Gasteiger partial charge in [-0.1, -0.05) is 51.0 Å². The number of benzene rings is 1. The second kappa shape index (κ2) is 4.55. The van der Waals surface area contributed by atoms with Crippen molar-refractivity contribution in [1.82, 2.24) is 5.32 Å². The summed E-state index contributed by atoms with van der Waals surface area (Å²) in [5.41, 5.74) is 3.13. The molecule has 17 heavy (non-hydrogen) atoms. The molecule has 0 bridgehead atoms. The van der Waals surface area contributed by atoms with Crippen molar-refractivity contribution in [2.24, 2.45) is 5.41 Å². The fraction of sp³-hybridized carbons (Fsp3) is 0.500. The molecule has 1 nitrogen and oxygen atoms in total. The zero-order chi connectivity index (χ0) is 12.5. The standard InChI is InChI=1S/C16H21N/c1-5-13(6-2)17-15-14-10-8-7-9-12(14)11-16(15,3)4/h1,7-10,13,15,17H,6,11H2,2-4H3. The fourth-order valence-corrected chi connectivity index (χ4v) is 2.79. The molecule has 0 aromatic heterocycles. The highest BCUT2D eigenvalue weighted by Gasteiger charge is 2.39. The van der Waals surface area contributed by atoms with Crippen molar-refractivity contribution < 1.29 is 0 Å². The SMILES string of the molecule is C#CC(CC)NC1c2ccccc2CC1(C)C. The Bertz CT molecular complexity index is 439. The van der Waals surface area contributed by atoms with Gasteiger partial charge in [-0.15, -0.1) is 6.42 Å². The molecule has 1 aromatic carbocycles. The number of nitrogens with one attached hydrogen (secondary N) is 1. The molecule has 2 atom stereocenters. The molecule has 0 amide bonds. The van der Waals surface area contributed by atoms with Crippen molar-refractivity contribution in [3.8, 4) is 12.3 Å². The van der Waals surface area contributed by atoms with Gasteiger partial charge in [0.25, 0.3) is 0 Å². The van der Waals surface area contributed by atoms with E-state index in [9.17, 15) is 0 Å². The molecule has 0 saturated heterocycles. The van der Waals surface area contributed by atoms with Gasteiger partial charge in [-0.05, 0) is 29.4 Å². The van der Waals surface area contributed by atoms with Crippen molar-refractivity contribution in [3.63, 3.8) is 0 Å². The Morgan fingerprint density at radius 1 is 1.47 bits per heavy atom. The Hall–Kier alpha value is -1.26.